The third kappa shape index (κ3) is 6.90. The van der Waals surface area contributed by atoms with Gasteiger partial charge >= 0.3 is 6.09 Å². The molecular formula is C24H39N5O3. The summed E-state index contributed by atoms with van der Waals surface area (Å²) in [6.07, 6.45) is 5.20. The summed E-state index contributed by atoms with van der Waals surface area (Å²) in [6.45, 7) is 14.6. The number of pyridine rings is 1. The molecular weight excluding hydrogens is 406 g/mol. The predicted molar refractivity (Wildman–Crippen MR) is 124 cm³/mol. The molecule has 1 aromatic rings. The van der Waals surface area contributed by atoms with Crippen molar-refractivity contribution in [1.29, 1.82) is 0 Å². The number of hydrogen-bond acceptors (Lipinski definition) is 6. The van der Waals surface area contributed by atoms with Gasteiger partial charge in [-0.15, -0.1) is 0 Å². The first-order valence-electron chi connectivity index (χ1n) is 11.9. The first-order valence-corrected chi connectivity index (χ1v) is 11.9. The van der Waals surface area contributed by atoms with Crippen LogP contribution in [0.15, 0.2) is 24.5 Å². The molecule has 0 aromatic carbocycles. The van der Waals surface area contributed by atoms with Crippen LogP contribution in [0.2, 0.25) is 0 Å². The molecule has 8 nitrogen and oxygen atoms in total. The number of piperazine rings is 2. The largest absolute Gasteiger partial charge is 0.444 e. The fourth-order valence-corrected chi connectivity index (χ4v) is 4.36. The number of carbonyl (C=O) groups is 2. The van der Waals surface area contributed by atoms with E-state index in [-0.39, 0.29) is 18.0 Å². The van der Waals surface area contributed by atoms with E-state index in [2.05, 4.69) is 21.7 Å². The van der Waals surface area contributed by atoms with E-state index in [0.29, 0.717) is 26.2 Å². The van der Waals surface area contributed by atoms with Crippen molar-refractivity contribution in [1.82, 2.24) is 24.6 Å². The Morgan fingerprint density at radius 1 is 0.969 bits per heavy atom. The highest BCUT2D eigenvalue weighted by Crippen LogP contribution is 2.18. The van der Waals surface area contributed by atoms with Crippen molar-refractivity contribution in [3.63, 3.8) is 0 Å². The van der Waals surface area contributed by atoms with Gasteiger partial charge in [0.05, 0.1) is 6.04 Å². The van der Waals surface area contributed by atoms with Crippen LogP contribution in [0.25, 0.3) is 0 Å². The minimum atomic E-state index is -0.492. The van der Waals surface area contributed by atoms with Gasteiger partial charge in [0.25, 0.3) is 0 Å². The van der Waals surface area contributed by atoms with Gasteiger partial charge in [-0.2, -0.15) is 0 Å². The summed E-state index contributed by atoms with van der Waals surface area (Å²) in [4.78, 5) is 38.3. The number of nitrogens with zero attached hydrogens (tertiary/aromatic N) is 5. The minimum absolute atomic E-state index is 0.104. The lowest BCUT2D eigenvalue weighted by Crippen LogP contribution is -2.59. The second kappa shape index (κ2) is 11.1. The molecule has 8 heteroatoms. The average molecular weight is 446 g/mol. The number of hydrogen-bond donors (Lipinski definition) is 0. The maximum Gasteiger partial charge on any atom is 0.410 e. The number of ether oxygens (including phenoxy) is 1. The number of amides is 2. The van der Waals surface area contributed by atoms with Gasteiger partial charge < -0.3 is 14.5 Å². The van der Waals surface area contributed by atoms with Gasteiger partial charge in [-0.3, -0.25) is 19.6 Å². The quantitative estimate of drug-likeness (QED) is 0.670. The van der Waals surface area contributed by atoms with Crippen LogP contribution in [0, 0.1) is 0 Å². The van der Waals surface area contributed by atoms with Crippen LogP contribution in [-0.4, -0.2) is 101 Å². The second-order valence-electron chi connectivity index (χ2n) is 9.76. The van der Waals surface area contributed by atoms with E-state index in [4.69, 9.17) is 4.74 Å². The van der Waals surface area contributed by atoms with Gasteiger partial charge in [-0.25, -0.2) is 4.79 Å². The first-order chi connectivity index (χ1) is 15.3. The van der Waals surface area contributed by atoms with Gasteiger partial charge in [-0.1, -0.05) is 13.3 Å². The Morgan fingerprint density at radius 3 is 2.12 bits per heavy atom. The predicted octanol–water partition coefficient (Wildman–Crippen LogP) is 2.45. The Labute approximate surface area is 192 Å². The Hall–Kier alpha value is -2.19. The second-order valence-corrected chi connectivity index (χ2v) is 9.76. The van der Waals surface area contributed by atoms with Crippen LogP contribution in [0.4, 0.5) is 4.79 Å². The zero-order valence-electron chi connectivity index (χ0n) is 20.1. The SMILES string of the molecule is CCCC(C(=O)N1CCN(Cc2ccncc2)CC1)N1CCN(C(=O)OC(C)(C)C)CC1. The molecule has 2 aliphatic rings. The van der Waals surface area contributed by atoms with Crippen LogP contribution in [0.5, 0.6) is 0 Å². The topological polar surface area (TPSA) is 69.2 Å². The van der Waals surface area contributed by atoms with E-state index >= 15 is 0 Å². The molecule has 3 rings (SSSR count). The van der Waals surface area contributed by atoms with Crippen LogP contribution in [0.3, 0.4) is 0 Å². The zero-order valence-corrected chi connectivity index (χ0v) is 20.1. The highest BCUT2D eigenvalue weighted by Gasteiger charge is 2.34. The van der Waals surface area contributed by atoms with E-state index in [1.54, 1.807) is 4.90 Å². The summed E-state index contributed by atoms with van der Waals surface area (Å²) < 4.78 is 5.50. The van der Waals surface area contributed by atoms with Crippen molar-refractivity contribution in [3.05, 3.63) is 30.1 Å². The molecule has 0 radical (unpaired) electrons. The van der Waals surface area contributed by atoms with E-state index in [1.807, 2.05) is 50.2 Å². The summed E-state index contributed by atoms with van der Waals surface area (Å²) in [5.41, 5.74) is 0.764. The molecule has 0 bridgehead atoms. The number of carbonyl (C=O) groups excluding carboxylic acids is 2. The van der Waals surface area contributed by atoms with Crippen molar-refractivity contribution >= 4 is 12.0 Å². The van der Waals surface area contributed by atoms with Gasteiger partial charge in [0.2, 0.25) is 5.91 Å². The Bertz CT molecular complexity index is 736. The van der Waals surface area contributed by atoms with Gasteiger partial charge in [0.1, 0.15) is 5.60 Å². The minimum Gasteiger partial charge on any atom is -0.444 e. The molecule has 2 fully saturated rings. The fourth-order valence-electron chi connectivity index (χ4n) is 4.36. The normalized spacial score (nSPS) is 19.6. The van der Waals surface area contributed by atoms with Crippen molar-refractivity contribution < 1.29 is 14.3 Å². The highest BCUT2D eigenvalue weighted by atomic mass is 16.6. The van der Waals surface area contributed by atoms with Gasteiger partial charge in [-0.05, 0) is 44.9 Å². The van der Waals surface area contributed by atoms with Crippen LogP contribution in [0.1, 0.15) is 46.1 Å². The van der Waals surface area contributed by atoms with Crippen LogP contribution >= 0.6 is 0 Å². The van der Waals surface area contributed by atoms with Crippen molar-refractivity contribution in [2.24, 2.45) is 0 Å². The van der Waals surface area contributed by atoms with E-state index in [0.717, 1.165) is 45.6 Å². The van der Waals surface area contributed by atoms with Gasteiger partial charge in [0, 0.05) is 71.3 Å². The molecule has 0 saturated carbocycles. The molecule has 1 aromatic heterocycles. The Kier molecular flexibility index (Phi) is 8.48. The summed E-state index contributed by atoms with van der Waals surface area (Å²) >= 11 is 0. The standard InChI is InChI=1S/C24H39N5O3/c1-5-6-21(27-15-17-29(18-16-27)23(31)32-24(2,3)4)22(30)28-13-11-26(12-14-28)19-20-7-9-25-10-8-20/h7-10,21H,5-6,11-19H2,1-4H3. The lowest BCUT2D eigenvalue weighted by atomic mass is 10.1. The lowest BCUT2D eigenvalue weighted by Gasteiger charge is -2.42. The van der Waals surface area contributed by atoms with E-state index in [1.165, 1.54) is 5.56 Å². The van der Waals surface area contributed by atoms with Gasteiger partial charge in [0.15, 0.2) is 0 Å². The third-order valence-corrected chi connectivity index (χ3v) is 6.09. The van der Waals surface area contributed by atoms with Crippen molar-refractivity contribution in [3.8, 4) is 0 Å². The molecule has 1 unspecified atom stereocenters. The smallest absolute Gasteiger partial charge is 0.410 e. The van der Waals surface area contributed by atoms with E-state index < -0.39 is 5.60 Å². The number of rotatable bonds is 6. The molecule has 178 valence electrons. The molecule has 2 aliphatic heterocycles. The maximum absolute atomic E-state index is 13.4. The Balaban J connectivity index is 1.50. The van der Waals surface area contributed by atoms with Crippen molar-refractivity contribution in [2.75, 3.05) is 52.4 Å². The number of aromatic nitrogens is 1. The molecule has 0 aliphatic carbocycles. The average Bonchev–Trinajstić information content (AvgIpc) is 2.77. The summed E-state index contributed by atoms with van der Waals surface area (Å²) in [5, 5.41) is 0. The van der Waals surface area contributed by atoms with Crippen molar-refractivity contribution in [2.45, 2.75) is 58.7 Å². The summed E-state index contributed by atoms with van der Waals surface area (Å²) in [7, 11) is 0. The first kappa shape index (κ1) is 24.5. The third-order valence-electron chi connectivity index (χ3n) is 6.09. The molecule has 1 atom stereocenters. The molecule has 2 amide bonds. The van der Waals surface area contributed by atoms with Crippen LogP contribution in [-0.2, 0) is 16.1 Å². The molecule has 32 heavy (non-hydrogen) atoms. The highest BCUT2D eigenvalue weighted by molar-refractivity contribution is 5.82. The Morgan fingerprint density at radius 2 is 1.56 bits per heavy atom. The monoisotopic (exact) mass is 445 g/mol. The lowest BCUT2D eigenvalue weighted by molar-refractivity contribution is -0.140. The summed E-state index contributed by atoms with van der Waals surface area (Å²) in [5.74, 6) is 0.237. The van der Waals surface area contributed by atoms with E-state index in [9.17, 15) is 9.59 Å². The van der Waals surface area contributed by atoms with Crippen LogP contribution < -0.4 is 0 Å². The maximum atomic E-state index is 13.4. The molecule has 2 saturated heterocycles. The molecule has 0 spiro atoms. The fraction of sp³-hybridized carbons (Fsp3) is 0.708. The summed E-state index contributed by atoms with van der Waals surface area (Å²) in [6, 6.07) is 3.99. The molecule has 3 heterocycles. The molecule has 0 N–H and O–H groups in total. The zero-order chi connectivity index (χ0) is 23.1.